The van der Waals surface area contributed by atoms with Crippen LogP contribution in [0.3, 0.4) is 0 Å². The fraction of sp³-hybridized carbons (Fsp3) is 0.714. The molecule has 0 N–H and O–H groups in total. The van der Waals surface area contributed by atoms with Crippen LogP contribution in [-0.4, -0.2) is 10.2 Å². The molecule has 1 aromatic rings. The van der Waals surface area contributed by atoms with Gasteiger partial charge in [-0.2, -0.15) is 10.2 Å². The van der Waals surface area contributed by atoms with E-state index in [9.17, 15) is 0 Å². The number of nitrogens with zero attached hydrogens (tertiary/aromatic N) is 2. The van der Waals surface area contributed by atoms with Crippen LogP contribution < -0.4 is 0 Å². The van der Waals surface area contributed by atoms with E-state index in [4.69, 9.17) is 0 Å². The maximum absolute atomic E-state index is 4.19. The fourth-order valence-corrected chi connectivity index (χ4v) is 1.61. The van der Waals surface area contributed by atoms with Crippen LogP contribution in [0.5, 0.6) is 0 Å². The van der Waals surface area contributed by atoms with Gasteiger partial charge in [-0.1, -0.05) is 27.7 Å². The standard InChI is InChI=1S/C14H24N2/c1-11(2)5-7-13-9-14(16-15-10-13)8-6-12(3)4/h9-12H,5-8H2,1-4H3. The van der Waals surface area contributed by atoms with Crippen molar-refractivity contribution in [1.82, 2.24) is 10.2 Å². The van der Waals surface area contributed by atoms with Crippen molar-refractivity contribution in [3.63, 3.8) is 0 Å². The molecule has 1 rings (SSSR count). The molecule has 0 radical (unpaired) electrons. The van der Waals surface area contributed by atoms with Gasteiger partial charge in [-0.25, -0.2) is 0 Å². The number of hydrogen-bond donors (Lipinski definition) is 0. The molecule has 0 aliphatic carbocycles. The first-order valence-electron chi connectivity index (χ1n) is 6.38. The Labute approximate surface area is 99.5 Å². The monoisotopic (exact) mass is 220 g/mol. The van der Waals surface area contributed by atoms with Crippen molar-refractivity contribution in [3.05, 3.63) is 23.5 Å². The Morgan fingerprint density at radius 1 is 1.00 bits per heavy atom. The summed E-state index contributed by atoms with van der Waals surface area (Å²) in [5.74, 6) is 1.49. The lowest BCUT2D eigenvalue weighted by atomic mass is 10.0. The minimum absolute atomic E-state index is 0.737. The molecule has 16 heavy (non-hydrogen) atoms. The van der Waals surface area contributed by atoms with Gasteiger partial charge in [0.25, 0.3) is 0 Å². The normalized spacial score (nSPS) is 11.4. The zero-order valence-electron chi connectivity index (χ0n) is 11.0. The first-order chi connectivity index (χ1) is 7.58. The maximum Gasteiger partial charge on any atom is 0.0633 e. The largest absolute Gasteiger partial charge is 0.159 e. The van der Waals surface area contributed by atoms with Gasteiger partial charge in [-0.05, 0) is 49.1 Å². The van der Waals surface area contributed by atoms with Gasteiger partial charge in [0.1, 0.15) is 0 Å². The van der Waals surface area contributed by atoms with E-state index in [1.54, 1.807) is 0 Å². The van der Waals surface area contributed by atoms with Gasteiger partial charge in [-0.3, -0.25) is 0 Å². The number of hydrogen-bond acceptors (Lipinski definition) is 2. The third-order valence-electron chi connectivity index (χ3n) is 2.75. The van der Waals surface area contributed by atoms with Crippen molar-refractivity contribution >= 4 is 0 Å². The second-order valence-corrected chi connectivity index (χ2v) is 5.42. The van der Waals surface area contributed by atoms with Crippen LogP contribution in [0.25, 0.3) is 0 Å². The molecule has 0 aliphatic heterocycles. The molecule has 0 saturated carbocycles. The highest BCUT2D eigenvalue weighted by Crippen LogP contribution is 2.11. The quantitative estimate of drug-likeness (QED) is 0.731. The van der Waals surface area contributed by atoms with Crippen LogP contribution in [0.15, 0.2) is 12.3 Å². The van der Waals surface area contributed by atoms with E-state index in [0.717, 1.165) is 30.4 Å². The Morgan fingerprint density at radius 3 is 2.25 bits per heavy atom. The Bertz CT molecular complexity index is 278. The molecule has 0 unspecified atom stereocenters. The van der Waals surface area contributed by atoms with Gasteiger partial charge in [0.15, 0.2) is 0 Å². The molecule has 0 saturated heterocycles. The predicted octanol–water partition coefficient (Wildman–Crippen LogP) is 3.65. The highest BCUT2D eigenvalue weighted by atomic mass is 15.1. The lowest BCUT2D eigenvalue weighted by Gasteiger charge is -2.06. The Hall–Kier alpha value is -0.920. The Kier molecular flexibility index (Phi) is 5.44. The van der Waals surface area contributed by atoms with E-state index in [1.165, 1.54) is 18.4 Å². The third kappa shape index (κ3) is 5.24. The molecule has 1 aromatic heterocycles. The van der Waals surface area contributed by atoms with Crippen LogP contribution in [0.4, 0.5) is 0 Å². The molecule has 90 valence electrons. The van der Waals surface area contributed by atoms with Crippen molar-refractivity contribution in [2.24, 2.45) is 11.8 Å². The summed E-state index contributed by atoms with van der Waals surface area (Å²) in [4.78, 5) is 0. The molecule has 0 bridgehead atoms. The molecule has 0 spiro atoms. The zero-order chi connectivity index (χ0) is 12.0. The summed E-state index contributed by atoms with van der Waals surface area (Å²) in [7, 11) is 0. The molecular weight excluding hydrogens is 196 g/mol. The molecule has 2 nitrogen and oxygen atoms in total. The van der Waals surface area contributed by atoms with Crippen molar-refractivity contribution in [3.8, 4) is 0 Å². The second-order valence-electron chi connectivity index (χ2n) is 5.42. The van der Waals surface area contributed by atoms with Crippen molar-refractivity contribution in [2.75, 3.05) is 0 Å². The van der Waals surface area contributed by atoms with E-state index < -0.39 is 0 Å². The molecule has 2 heteroatoms. The average molecular weight is 220 g/mol. The van der Waals surface area contributed by atoms with Crippen LogP contribution in [0, 0.1) is 11.8 Å². The SMILES string of the molecule is CC(C)CCc1cnnc(CCC(C)C)c1. The van der Waals surface area contributed by atoms with E-state index in [0.29, 0.717) is 0 Å². The highest BCUT2D eigenvalue weighted by Gasteiger charge is 2.02. The van der Waals surface area contributed by atoms with E-state index in [-0.39, 0.29) is 0 Å². The van der Waals surface area contributed by atoms with Crippen LogP contribution in [-0.2, 0) is 12.8 Å². The molecule has 0 amide bonds. The lowest BCUT2D eigenvalue weighted by Crippen LogP contribution is -2.00. The summed E-state index contributed by atoms with van der Waals surface area (Å²) in [6, 6.07) is 2.22. The summed E-state index contributed by atoms with van der Waals surface area (Å²) in [6.07, 6.45) is 6.51. The van der Waals surface area contributed by atoms with Crippen LogP contribution in [0.1, 0.15) is 51.8 Å². The van der Waals surface area contributed by atoms with Gasteiger partial charge in [0.05, 0.1) is 11.9 Å². The molecule has 0 aliphatic rings. The molecule has 0 fully saturated rings. The molecule has 0 aromatic carbocycles. The molecule has 0 atom stereocenters. The first kappa shape index (κ1) is 13.1. The van der Waals surface area contributed by atoms with Crippen molar-refractivity contribution in [1.29, 1.82) is 0 Å². The van der Waals surface area contributed by atoms with Crippen LogP contribution >= 0.6 is 0 Å². The third-order valence-corrected chi connectivity index (χ3v) is 2.75. The van der Waals surface area contributed by atoms with E-state index in [1.807, 2.05) is 6.20 Å². The number of aryl methyl sites for hydroxylation is 2. The zero-order valence-corrected chi connectivity index (χ0v) is 11.0. The first-order valence-corrected chi connectivity index (χ1v) is 6.38. The van der Waals surface area contributed by atoms with Crippen molar-refractivity contribution < 1.29 is 0 Å². The summed E-state index contributed by atoms with van der Waals surface area (Å²) in [6.45, 7) is 9.01. The molecular formula is C14H24N2. The number of rotatable bonds is 6. The van der Waals surface area contributed by atoms with Crippen LogP contribution in [0.2, 0.25) is 0 Å². The van der Waals surface area contributed by atoms with Gasteiger partial charge < -0.3 is 0 Å². The Morgan fingerprint density at radius 2 is 1.62 bits per heavy atom. The topological polar surface area (TPSA) is 25.8 Å². The van der Waals surface area contributed by atoms with E-state index in [2.05, 4.69) is 44.0 Å². The second kappa shape index (κ2) is 6.62. The summed E-state index contributed by atoms with van der Waals surface area (Å²) in [5.41, 5.74) is 2.48. The Balaban J connectivity index is 2.50. The molecule has 1 heterocycles. The summed E-state index contributed by atoms with van der Waals surface area (Å²) < 4.78 is 0. The van der Waals surface area contributed by atoms with E-state index >= 15 is 0 Å². The van der Waals surface area contributed by atoms with Gasteiger partial charge in [0.2, 0.25) is 0 Å². The number of aromatic nitrogens is 2. The summed E-state index contributed by atoms with van der Waals surface area (Å²) >= 11 is 0. The smallest absolute Gasteiger partial charge is 0.0633 e. The fourth-order valence-electron chi connectivity index (χ4n) is 1.61. The minimum Gasteiger partial charge on any atom is -0.159 e. The average Bonchev–Trinajstić information content (AvgIpc) is 2.24. The minimum atomic E-state index is 0.737. The van der Waals surface area contributed by atoms with Gasteiger partial charge in [0, 0.05) is 0 Å². The van der Waals surface area contributed by atoms with Crippen molar-refractivity contribution in [2.45, 2.75) is 53.4 Å². The lowest BCUT2D eigenvalue weighted by molar-refractivity contribution is 0.573. The van der Waals surface area contributed by atoms with Gasteiger partial charge in [-0.15, -0.1) is 0 Å². The van der Waals surface area contributed by atoms with Gasteiger partial charge >= 0.3 is 0 Å². The highest BCUT2D eigenvalue weighted by molar-refractivity contribution is 5.12. The predicted molar refractivity (Wildman–Crippen MR) is 68.4 cm³/mol. The summed E-state index contributed by atoms with van der Waals surface area (Å²) in [5, 5.41) is 8.28. The maximum atomic E-state index is 4.19.